The molecular weight excluding hydrogens is 381 g/mol. The van der Waals surface area contributed by atoms with Crippen molar-refractivity contribution in [2.24, 2.45) is 0 Å². The van der Waals surface area contributed by atoms with Crippen LogP contribution in [0.2, 0.25) is 0 Å². The highest BCUT2D eigenvalue weighted by molar-refractivity contribution is 5.76. The van der Waals surface area contributed by atoms with Crippen LogP contribution in [0.5, 0.6) is 0 Å². The number of nitrogens with one attached hydrogen (secondary N) is 2. The maximum Gasteiger partial charge on any atom is 0.416 e. The maximum atomic E-state index is 12.7. The molecule has 0 spiro atoms. The van der Waals surface area contributed by atoms with Crippen molar-refractivity contribution < 1.29 is 27.6 Å². The van der Waals surface area contributed by atoms with Crippen molar-refractivity contribution in [1.29, 1.82) is 0 Å². The first-order valence-electron chi connectivity index (χ1n) is 8.93. The quantitative estimate of drug-likeness (QED) is 0.372. The molecule has 0 bridgehead atoms. The van der Waals surface area contributed by atoms with Gasteiger partial charge >= 0.3 is 6.18 Å². The average Bonchev–Trinajstić information content (AvgIpc) is 2.65. The minimum absolute atomic E-state index is 0.0513. The van der Waals surface area contributed by atoms with E-state index in [0.29, 0.717) is 25.8 Å². The summed E-state index contributed by atoms with van der Waals surface area (Å²) in [5.41, 5.74) is -1.83. The lowest BCUT2D eigenvalue weighted by molar-refractivity contribution is -0.384. The van der Waals surface area contributed by atoms with Gasteiger partial charge in [-0.15, -0.1) is 0 Å². The van der Waals surface area contributed by atoms with Crippen LogP contribution in [0.25, 0.3) is 0 Å². The summed E-state index contributed by atoms with van der Waals surface area (Å²) in [6.45, 7) is 4.63. The van der Waals surface area contributed by atoms with E-state index in [1.807, 2.05) is 0 Å². The first-order chi connectivity index (χ1) is 13.3. The monoisotopic (exact) mass is 404 g/mol. The summed E-state index contributed by atoms with van der Waals surface area (Å²) in [5.74, 6) is -0.232. The highest BCUT2D eigenvalue weighted by atomic mass is 19.4. The molecule has 0 saturated carbocycles. The largest absolute Gasteiger partial charge is 0.416 e. The van der Waals surface area contributed by atoms with Crippen LogP contribution in [-0.2, 0) is 15.7 Å². The predicted molar refractivity (Wildman–Crippen MR) is 96.1 cm³/mol. The van der Waals surface area contributed by atoms with E-state index >= 15 is 0 Å². The molecule has 1 aliphatic rings. The van der Waals surface area contributed by atoms with E-state index < -0.39 is 22.4 Å². The molecule has 1 amide bonds. The van der Waals surface area contributed by atoms with Gasteiger partial charge in [0.05, 0.1) is 23.7 Å². The molecule has 11 heteroatoms. The molecule has 0 aromatic heterocycles. The SMILES string of the molecule is O=C(CCNc1ccc(C(F)(F)F)cc1[N+](=O)[O-])NCCCN1CCOCC1. The molecule has 0 atom stereocenters. The van der Waals surface area contributed by atoms with Gasteiger partial charge in [0.1, 0.15) is 5.69 Å². The van der Waals surface area contributed by atoms with Crippen molar-refractivity contribution in [3.05, 3.63) is 33.9 Å². The van der Waals surface area contributed by atoms with Crippen molar-refractivity contribution in [3.8, 4) is 0 Å². The number of carbonyl (C=O) groups is 1. The second kappa shape index (κ2) is 10.2. The van der Waals surface area contributed by atoms with Crippen LogP contribution in [0.3, 0.4) is 0 Å². The van der Waals surface area contributed by atoms with E-state index in [1.165, 1.54) is 0 Å². The topological polar surface area (TPSA) is 96.7 Å². The Hall–Kier alpha value is -2.40. The third-order valence-corrected chi connectivity index (χ3v) is 4.27. The smallest absolute Gasteiger partial charge is 0.379 e. The summed E-state index contributed by atoms with van der Waals surface area (Å²) in [7, 11) is 0. The van der Waals surface area contributed by atoms with Gasteiger partial charge < -0.3 is 15.4 Å². The Balaban J connectivity index is 1.73. The number of anilines is 1. The normalized spacial score (nSPS) is 15.2. The number of benzene rings is 1. The van der Waals surface area contributed by atoms with Gasteiger partial charge in [-0.05, 0) is 25.1 Å². The Bertz CT molecular complexity index is 679. The average molecular weight is 404 g/mol. The lowest BCUT2D eigenvalue weighted by Crippen LogP contribution is -2.38. The predicted octanol–water partition coefficient (Wildman–Crippen LogP) is 2.25. The van der Waals surface area contributed by atoms with Crippen LogP contribution in [0.4, 0.5) is 24.5 Å². The van der Waals surface area contributed by atoms with E-state index in [0.717, 1.165) is 38.2 Å². The molecule has 2 N–H and O–H groups in total. The van der Waals surface area contributed by atoms with Crippen LogP contribution >= 0.6 is 0 Å². The van der Waals surface area contributed by atoms with Crippen LogP contribution in [0.1, 0.15) is 18.4 Å². The molecule has 0 radical (unpaired) electrons. The molecule has 8 nitrogen and oxygen atoms in total. The van der Waals surface area contributed by atoms with Gasteiger partial charge in [-0.3, -0.25) is 19.8 Å². The third kappa shape index (κ3) is 6.97. The Morgan fingerprint density at radius 3 is 2.61 bits per heavy atom. The van der Waals surface area contributed by atoms with Crippen LogP contribution in [-0.4, -0.2) is 61.7 Å². The van der Waals surface area contributed by atoms with Gasteiger partial charge in [0.15, 0.2) is 0 Å². The van der Waals surface area contributed by atoms with E-state index in [2.05, 4.69) is 15.5 Å². The van der Waals surface area contributed by atoms with Crippen LogP contribution in [0.15, 0.2) is 18.2 Å². The summed E-state index contributed by atoms with van der Waals surface area (Å²) < 4.78 is 43.3. The summed E-state index contributed by atoms with van der Waals surface area (Å²) >= 11 is 0. The van der Waals surface area contributed by atoms with Crippen molar-refractivity contribution in [2.75, 3.05) is 51.3 Å². The second-order valence-electron chi connectivity index (χ2n) is 6.32. The minimum Gasteiger partial charge on any atom is -0.379 e. The summed E-state index contributed by atoms with van der Waals surface area (Å²) in [6.07, 6.45) is -3.82. The van der Waals surface area contributed by atoms with E-state index in [9.17, 15) is 28.1 Å². The number of rotatable bonds is 9. The lowest BCUT2D eigenvalue weighted by Gasteiger charge is -2.26. The molecule has 0 aliphatic carbocycles. The van der Waals surface area contributed by atoms with E-state index in [-0.39, 0.29) is 24.6 Å². The number of hydrogen-bond donors (Lipinski definition) is 2. The molecule has 0 unspecified atom stereocenters. The Kier molecular flexibility index (Phi) is 8.00. The number of ether oxygens (including phenoxy) is 1. The highest BCUT2D eigenvalue weighted by Crippen LogP contribution is 2.34. The summed E-state index contributed by atoms with van der Waals surface area (Å²) in [5, 5.41) is 16.4. The number of morpholine rings is 1. The van der Waals surface area contributed by atoms with Gasteiger partial charge in [-0.1, -0.05) is 0 Å². The highest BCUT2D eigenvalue weighted by Gasteiger charge is 2.33. The molecule has 1 aliphatic heterocycles. The number of nitrogens with zero attached hydrogens (tertiary/aromatic N) is 2. The van der Waals surface area contributed by atoms with E-state index in [1.54, 1.807) is 0 Å². The molecular formula is C17H23F3N4O4. The van der Waals surface area contributed by atoms with Gasteiger partial charge in [0.2, 0.25) is 5.91 Å². The number of halogens is 3. The molecule has 1 aromatic carbocycles. The van der Waals surface area contributed by atoms with Crippen molar-refractivity contribution in [1.82, 2.24) is 10.2 Å². The fraction of sp³-hybridized carbons (Fsp3) is 0.588. The van der Waals surface area contributed by atoms with Gasteiger partial charge in [0.25, 0.3) is 5.69 Å². The lowest BCUT2D eigenvalue weighted by atomic mass is 10.1. The number of hydrogen-bond acceptors (Lipinski definition) is 6. The number of amides is 1. The third-order valence-electron chi connectivity index (χ3n) is 4.27. The fourth-order valence-corrected chi connectivity index (χ4v) is 2.76. The number of nitro groups is 1. The fourth-order valence-electron chi connectivity index (χ4n) is 2.76. The molecule has 1 aromatic rings. The summed E-state index contributed by atoms with van der Waals surface area (Å²) in [4.78, 5) is 24.2. The zero-order valence-electron chi connectivity index (χ0n) is 15.3. The molecule has 1 heterocycles. The second-order valence-corrected chi connectivity index (χ2v) is 6.32. The Morgan fingerprint density at radius 1 is 1.25 bits per heavy atom. The molecule has 156 valence electrons. The molecule has 2 rings (SSSR count). The molecule has 1 fully saturated rings. The Labute approximate surface area is 160 Å². The van der Waals surface area contributed by atoms with Gasteiger partial charge in [-0.25, -0.2) is 0 Å². The van der Waals surface area contributed by atoms with Crippen molar-refractivity contribution >= 4 is 17.3 Å². The standard InChI is InChI=1S/C17H23F3N4O4/c18-17(19,20)13-2-3-14(15(12-13)24(26)27)21-6-4-16(25)22-5-1-7-23-8-10-28-11-9-23/h2-3,12,21H,1,4-11H2,(H,22,25). The molecule has 28 heavy (non-hydrogen) atoms. The van der Waals surface area contributed by atoms with E-state index in [4.69, 9.17) is 4.74 Å². The van der Waals surface area contributed by atoms with Crippen LogP contribution in [0, 0.1) is 10.1 Å². The first kappa shape index (κ1) is 21.9. The van der Waals surface area contributed by atoms with Gasteiger partial charge in [-0.2, -0.15) is 13.2 Å². The van der Waals surface area contributed by atoms with Crippen LogP contribution < -0.4 is 10.6 Å². The first-order valence-corrected chi connectivity index (χ1v) is 8.93. The van der Waals surface area contributed by atoms with Crippen molar-refractivity contribution in [2.45, 2.75) is 19.0 Å². The minimum atomic E-state index is -4.66. The zero-order chi connectivity index (χ0) is 20.6. The maximum absolute atomic E-state index is 12.7. The Morgan fingerprint density at radius 2 is 1.96 bits per heavy atom. The number of nitro benzene ring substituents is 1. The molecule has 1 saturated heterocycles. The zero-order valence-corrected chi connectivity index (χ0v) is 15.3. The number of alkyl halides is 3. The number of carbonyl (C=O) groups excluding carboxylic acids is 1. The van der Waals surface area contributed by atoms with Crippen molar-refractivity contribution in [3.63, 3.8) is 0 Å². The summed E-state index contributed by atoms with van der Waals surface area (Å²) in [6, 6.07) is 2.25. The van der Waals surface area contributed by atoms with Gasteiger partial charge in [0, 0.05) is 38.7 Å².